The van der Waals surface area contributed by atoms with Crippen molar-refractivity contribution in [3.63, 3.8) is 0 Å². The van der Waals surface area contributed by atoms with Crippen molar-refractivity contribution in [1.29, 1.82) is 0 Å². The van der Waals surface area contributed by atoms with Crippen LogP contribution in [0.2, 0.25) is 0 Å². The predicted molar refractivity (Wildman–Crippen MR) is 98.6 cm³/mol. The molecule has 5 nitrogen and oxygen atoms in total. The second kappa shape index (κ2) is 7.72. The number of aliphatic hydroxyl groups excluding tert-OH is 1. The molecular weight excluding hydrogens is 357 g/mol. The van der Waals surface area contributed by atoms with Gasteiger partial charge in [-0.1, -0.05) is 6.07 Å². The average Bonchev–Trinajstić information content (AvgIpc) is 3.11. The Labute approximate surface area is 154 Å². The fourth-order valence-corrected chi connectivity index (χ4v) is 3.62. The zero-order chi connectivity index (χ0) is 18.7. The highest BCUT2D eigenvalue weighted by atomic mass is 32.1. The molecule has 1 heterocycles. The molecule has 0 fully saturated rings. The maximum atomic E-state index is 13.8. The van der Waals surface area contributed by atoms with Gasteiger partial charge < -0.3 is 19.9 Å². The maximum absolute atomic E-state index is 13.8. The summed E-state index contributed by atoms with van der Waals surface area (Å²) in [4.78, 5) is 12.7. The van der Waals surface area contributed by atoms with E-state index < -0.39 is 6.10 Å². The van der Waals surface area contributed by atoms with Crippen molar-refractivity contribution in [1.82, 2.24) is 5.32 Å². The summed E-state index contributed by atoms with van der Waals surface area (Å²) in [7, 11) is 3.03. The lowest BCUT2D eigenvalue weighted by Crippen LogP contribution is -2.27. The van der Waals surface area contributed by atoms with Crippen molar-refractivity contribution in [2.24, 2.45) is 0 Å². The molecule has 1 aromatic heterocycles. The summed E-state index contributed by atoms with van der Waals surface area (Å²) in [6.07, 6.45) is -0.977. The van der Waals surface area contributed by atoms with Crippen molar-refractivity contribution in [3.8, 4) is 11.5 Å². The molecule has 2 N–H and O–H groups in total. The van der Waals surface area contributed by atoms with Crippen LogP contribution in [0.15, 0.2) is 42.5 Å². The Morgan fingerprint density at radius 3 is 2.73 bits per heavy atom. The molecule has 0 bridgehead atoms. The van der Waals surface area contributed by atoms with Gasteiger partial charge in [0.2, 0.25) is 0 Å². The van der Waals surface area contributed by atoms with Crippen molar-refractivity contribution in [3.05, 3.63) is 58.7 Å². The first-order valence-electron chi connectivity index (χ1n) is 7.89. The fourth-order valence-electron chi connectivity index (χ4n) is 2.62. The van der Waals surface area contributed by atoms with E-state index in [1.54, 1.807) is 30.3 Å². The van der Waals surface area contributed by atoms with Gasteiger partial charge >= 0.3 is 0 Å². The van der Waals surface area contributed by atoms with E-state index in [0.29, 0.717) is 32.0 Å². The average molecular weight is 375 g/mol. The van der Waals surface area contributed by atoms with Crippen LogP contribution in [0, 0.1) is 5.82 Å². The third-order valence-corrected chi connectivity index (χ3v) is 5.08. The highest BCUT2D eigenvalue weighted by Gasteiger charge is 2.17. The molecule has 0 radical (unpaired) electrons. The van der Waals surface area contributed by atoms with E-state index in [4.69, 9.17) is 9.47 Å². The number of carbonyl (C=O) groups excluding carboxylic acids is 1. The van der Waals surface area contributed by atoms with Crippen LogP contribution >= 0.6 is 11.3 Å². The number of thiophene rings is 1. The summed E-state index contributed by atoms with van der Waals surface area (Å²) in [6.45, 7) is -0.0148. The quantitative estimate of drug-likeness (QED) is 0.692. The molecule has 0 spiro atoms. The Kier molecular flexibility index (Phi) is 5.39. The van der Waals surface area contributed by atoms with Gasteiger partial charge in [-0.05, 0) is 36.4 Å². The summed E-state index contributed by atoms with van der Waals surface area (Å²) in [5.41, 5.74) is 0.509. The number of halogens is 1. The van der Waals surface area contributed by atoms with E-state index in [-0.39, 0.29) is 18.3 Å². The highest BCUT2D eigenvalue weighted by molar-refractivity contribution is 7.20. The Balaban J connectivity index is 1.73. The van der Waals surface area contributed by atoms with Gasteiger partial charge in [0.15, 0.2) is 0 Å². The van der Waals surface area contributed by atoms with Gasteiger partial charge in [-0.3, -0.25) is 4.79 Å². The number of hydrogen-bond acceptors (Lipinski definition) is 5. The van der Waals surface area contributed by atoms with Crippen LogP contribution in [0.1, 0.15) is 21.3 Å². The summed E-state index contributed by atoms with van der Waals surface area (Å²) in [6, 6.07) is 11.3. The maximum Gasteiger partial charge on any atom is 0.261 e. The van der Waals surface area contributed by atoms with E-state index in [2.05, 4.69) is 5.32 Å². The van der Waals surface area contributed by atoms with E-state index >= 15 is 0 Å². The minimum absolute atomic E-state index is 0.0148. The lowest BCUT2D eigenvalue weighted by atomic mass is 10.1. The molecule has 0 aliphatic heterocycles. The molecule has 3 aromatic rings. The summed E-state index contributed by atoms with van der Waals surface area (Å²) < 4.78 is 24.9. The second-order valence-electron chi connectivity index (χ2n) is 5.60. The van der Waals surface area contributed by atoms with Crippen molar-refractivity contribution in [2.75, 3.05) is 20.8 Å². The lowest BCUT2D eigenvalue weighted by molar-refractivity contribution is 0.0918. The minimum atomic E-state index is -0.977. The van der Waals surface area contributed by atoms with Gasteiger partial charge in [-0.15, -0.1) is 11.3 Å². The van der Waals surface area contributed by atoms with E-state index in [9.17, 15) is 14.3 Å². The minimum Gasteiger partial charge on any atom is -0.497 e. The Bertz CT molecular complexity index is 940. The number of benzene rings is 2. The van der Waals surface area contributed by atoms with E-state index in [0.717, 1.165) is 0 Å². The van der Waals surface area contributed by atoms with Crippen LogP contribution in [0.25, 0.3) is 10.1 Å². The number of rotatable bonds is 6. The van der Waals surface area contributed by atoms with Crippen LogP contribution in [0.3, 0.4) is 0 Å². The molecule has 1 amide bonds. The molecule has 2 aromatic carbocycles. The molecule has 1 atom stereocenters. The molecule has 26 heavy (non-hydrogen) atoms. The van der Waals surface area contributed by atoms with Crippen molar-refractivity contribution in [2.45, 2.75) is 6.10 Å². The number of methoxy groups -OCH3 is 2. The number of nitrogens with one attached hydrogen (secondary N) is 1. The Hall–Kier alpha value is -2.64. The van der Waals surface area contributed by atoms with Gasteiger partial charge in [0, 0.05) is 22.2 Å². The van der Waals surface area contributed by atoms with Gasteiger partial charge in [0.1, 0.15) is 23.4 Å². The number of ether oxygens (including phenoxy) is 2. The van der Waals surface area contributed by atoms with Crippen LogP contribution in [0.5, 0.6) is 11.5 Å². The van der Waals surface area contributed by atoms with E-state index in [1.165, 1.54) is 37.7 Å². The summed E-state index contributed by atoms with van der Waals surface area (Å²) in [5.74, 6) is 0.341. The normalized spacial score (nSPS) is 12.0. The largest absolute Gasteiger partial charge is 0.497 e. The Morgan fingerprint density at radius 2 is 2.04 bits per heavy atom. The molecule has 7 heteroatoms. The fraction of sp³-hybridized carbons (Fsp3) is 0.211. The standard InChI is InChI=1S/C19H18FNO4S/c1-24-11-6-7-16(25-2)13(8-11)15(22)10-21-19(23)18-9-12-14(20)4-3-5-17(12)26-18/h3-9,15,22H,10H2,1-2H3,(H,21,23)/t15-/m0/s1. The molecular formula is C19H18FNO4S. The first kappa shape index (κ1) is 18.2. The number of fused-ring (bicyclic) bond motifs is 1. The van der Waals surface area contributed by atoms with Crippen LogP contribution in [-0.2, 0) is 0 Å². The van der Waals surface area contributed by atoms with Gasteiger partial charge in [-0.2, -0.15) is 0 Å². The first-order chi connectivity index (χ1) is 12.5. The van der Waals surface area contributed by atoms with E-state index in [1.807, 2.05) is 0 Å². The number of aliphatic hydroxyl groups is 1. The summed E-state index contributed by atoms with van der Waals surface area (Å²) >= 11 is 1.20. The van der Waals surface area contributed by atoms with Crippen molar-refractivity contribution < 1.29 is 23.8 Å². The Morgan fingerprint density at radius 1 is 1.23 bits per heavy atom. The van der Waals surface area contributed by atoms with Crippen LogP contribution < -0.4 is 14.8 Å². The molecule has 0 unspecified atom stereocenters. The molecule has 0 saturated heterocycles. The molecule has 3 rings (SSSR count). The predicted octanol–water partition coefficient (Wildman–Crippen LogP) is 3.52. The van der Waals surface area contributed by atoms with Crippen LogP contribution in [0.4, 0.5) is 4.39 Å². The highest BCUT2D eigenvalue weighted by Crippen LogP contribution is 2.30. The molecule has 0 saturated carbocycles. The van der Waals surface area contributed by atoms with Gasteiger partial charge in [0.05, 0.1) is 19.1 Å². The van der Waals surface area contributed by atoms with Gasteiger partial charge in [0.25, 0.3) is 5.91 Å². The number of carbonyl (C=O) groups is 1. The smallest absolute Gasteiger partial charge is 0.261 e. The lowest BCUT2D eigenvalue weighted by Gasteiger charge is -2.16. The zero-order valence-corrected chi connectivity index (χ0v) is 15.1. The molecule has 136 valence electrons. The number of hydrogen-bond donors (Lipinski definition) is 2. The van der Waals surface area contributed by atoms with Gasteiger partial charge in [-0.25, -0.2) is 4.39 Å². The monoisotopic (exact) mass is 375 g/mol. The molecule has 0 aliphatic carbocycles. The summed E-state index contributed by atoms with van der Waals surface area (Å²) in [5, 5.41) is 13.5. The topological polar surface area (TPSA) is 67.8 Å². The van der Waals surface area contributed by atoms with Crippen molar-refractivity contribution >= 4 is 27.3 Å². The third kappa shape index (κ3) is 3.63. The second-order valence-corrected chi connectivity index (χ2v) is 6.68. The number of amides is 1. The zero-order valence-electron chi connectivity index (χ0n) is 14.3. The molecule has 0 aliphatic rings. The SMILES string of the molecule is COc1ccc(OC)c([C@@H](O)CNC(=O)c2cc3c(F)cccc3s2)c1. The van der Waals surface area contributed by atoms with Crippen LogP contribution in [-0.4, -0.2) is 31.8 Å². The third-order valence-electron chi connectivity index (χ3n) is 3.98. The first-order valence-corrected chi connectivity index (χ1v) is 8.71.